The molecule has 128 valence electrons. The van der Waals surface area contributed by atoms with Gasteiger partial charge in [0.15, 0.2) is 0 Å². The van der Waals surface area contributed by atoms with Gasteiger partial charge in [0, 0.05) is 32.2 Å². The van der Waals surface area contributed by atoms with Gasteiger partial charge in [-0.15, -0.1) is 0 Å². The van der Waals surface area contributed by atoms with Crippen molar-refractivity contribution < 1.29 is 4.79 Å². The first-order valence-corrected chi connectivity index (χ1v) is 8.67. The molecule has 3 rings (SSSR count). The highest BCUT2D eigenvalue weighted by Gasteiger charge is 2.36. The van der Waals surface area contributed by atoms with Gasteiger partial charge in [0.1, 0.15) is 0 Å². The Hall–Kier alpha value is -2.64. The molecule has 1 fully saturated rings. The van der Waals surface area contributed by atoms with Crippen molar-refractivity contribution in [3.8, 4) is 6.07 Å². The van der Waals surface area contributed by atoms with Crippen LogP contribution in [0.5, 0.6) is 0 Å². The maximum atomic E-state index is 11.6. The lowest BCUT2D eigenvalue weighted by molar-refractivity contribution is 0.0963. The van der Waals surface area contributed by atoms with E-state index < -0.39 is 0 Å². The Balaban J connectivity index is 1.63. The summed E-state index contributed by atoms with van der Waals surface area (Å²) in [6.07, 6.45) is 1.70. The number of carbonyl (C=O) groups excluding carboxylic acids is 1. The molecule has 2 aromatic rings. The predicted molar refractivity (Wildman–Crippen MR) is 98.1 cm³/mol. The number of amides is 1. The normalized spacial score (nSPS) is 16.8. The van der Waals surface area contributed by atoms with Gasteiger partial charge in [0.2, 0.25) is 0 Å². The highest BCUT2D eigenvalue weighted by molar-refractivity contribution is 5.93. The number of piperidine rings is 1. The fourth-order valence-electron chi connectivity index (χ4n) is 3.48. The number of nitriles is 1. The standard InChI is InChI=1S/C21H23N3O/c1-23-20(25)18-9-7-17(8-10-18)15-24-13-11-21(16-22,12-14-24)19-5-3-2-4-6-19/h2-10H,11-15H2,1H3,(H,23,25). The van der Waals surface area contributed by atoms with Gasteiger partial charge >= 0.3 is 0 Å². The summed E-state index contributed by atoms with van der Waals surface area (Å²) >= 11 is 0. The maximum absolute atomic E-state index is 11.6. The summed E-state index contributed by atoms with van der Waals surface area (Å²) < 4.78 is 0. The highest BCUT2D eigenvalue weighted by atomic mass is 16.1. The number of nitrogens with one attached hydrogen (secondary N) is 1. The zero-order valence-electron chi connectivity index (χ0n) is 14.5. The molecule has 2 aromatic carbocycles. The van der Waals surface area contributed by atoms with Crippen molar-refractivity contribution in [1.82, 2.24) is 10.2 Å². The number of benzene rings is 2. The van der Waals surface area contributed by atoms with E-state index in [1.54, 1.807) is 7.05 Å². The Morgan fingerprint density at radius 1 is 1.12 bits per heavy atom. The van der Waals surface area contributed by atoms with Gasteiger partial charge in [0.05, 0.1) is 11.5 Å². The quantitative estimate of drug-likeness (QED) is 0.935. The molecular weight excluding hydrogens is 310 g/mol. The topological polar surface area (TPSA) is 56.1 Å². The third kappa shape index (κ3) is 3.72. The molecule has 1 heterocycles. The van der Waals surface area contributed by atoms with Crippen LogP contribution in [0.1, 0.15) is 34.3 Å². The number of hydrogen-bond acceptors (Lipinski definition) is 3. The maximum Gasteiger partial charge on any atom is 0.251 e. The van der Waals surface area contributed by atoms with E-state index in [1.807, 2.05) is 42.5 Å². The van der Waals surface area contributed by atoms with E-state index in [0.717, 1.165) is 38.0 Å². The van der Waals surface area contributed by atoms with E-state index in [-0.39, 0.29) is 11.3 Å². The molecule has 0 aliphatic carbocycles. The summed E-state index contributed by atoms with van der Waals surface area (Å²) in [6.45, 7) is 2.66. The first-order chi connectivity index (χ1) is 12.2. The van der Waals surface area contributed by atoms with Gasteiger partial charge in [-0.2, -0.15) is 5.26 Å². The lowest BCUT2D eigenvalue weighted by Crippen LogP contribution is -2.41. The zero-order chi connectivity index (χ0) is 17.7. The second kappa shape index (κ2) is 7.50. The van der Waals surface area contributed by atoms with Crippen molar-refractivity contribution >= 4 is 5.91 Å². The highest BCUT2D eigenvalue weighted by Crippen LogP contribution is 2.35. The molecule has 0 bridgehead atoms. The van der Waals surface area contributed by atoms with E-state index in [2.05, 4.69) is 28.4 Å². The Kier molecular flexibility index (Phi) is 5.16. The van der Waals surface area contributed by atoms with Gasteiger partial charge in [-0.25, -0.2) is 0 Å². The van der Waals surface area contributed by atoms with Gasteiger partial charge in [-0.1, -0.05) is 42.5 Å². The monoisotopic (exact) mass is 333 g/mol. The number of carbonyl (C=O) groups is 1. The van der Waals surface area contributed by atoms with Crippen molar-refractivity contribution in [2.24, 2.45) is 0 Å². The van der Waals surface area contributed by atoms with Crippen LogP contribution >= 0.6 is 0 Å². The zero-order valence-corrected chi connectivity index (χ0v) is 14.5. The molecule has 1 saturated heterocycles. The lowest BCUT2D eigenvalue weighted by atomic mass is 9.74. The minimum Gasteiger partial charge on any atom is -0.355 e. The van der Waals surface area contributed by atoms with Gasteiger partial charge in [0.25, 0.3) is 5.91 Å². The molecule has 0 radical (unpaired) electrons. The molecule has 25 heavy (non-hydrogen) atoms. The number of hydrogen-bond donors (Lipinski definition) is 1. The summed E-state index contributed by atoms with van der Waals surface area (Å²) in [4.78, 5) is 14.0. The van der Waals surface area contributed by atoms with E-state index in [9.17, 15) is 10.1 Å². The van der Waals surface area contributed by atoms with Crippen LogP contribution in [0.4, 0.5) is 0 Å². The minimum absolute atomic E-state index is 0.0637. The molecule has 0 saturated carbocycles. The third-order valence-corrected chi connectivity index (χ3v) is 5.10. The Morgan fingerprint density at radius 3 is 2.32 bits per heavy atom. The first-order valence-electron chi connectivity index (χ1n) is 8.67. The third-order valence-electron chi connectivity index (χ3n) is 5.10. The first kappa shape index (κ1) is 17.2. The van der Waals surface area contributed by atoms with Crippen molar-refractivity contribution in [3.63, 3.8) is 0 Å². The smallest absolute Gasteiger partial charge is 0.251 e. The average molecular weight is 333 g/mol. The fraction of sp³-hybridized carbons (Fsp3) is 0.333. The molecule has 0 aromatic heterocycles. The Labute approximate surface area is 149 Å². The molecule has 4 nitrogen and oxygen atoms in total. The van der Waals surface area contributed by atoms with Crippen LogP contribution in [0.3, 0.4) is 0 Å². The van der Waals surface area contributed by atoms with Gasteiger partial charge in [-0.05, 0) is 36.1 Å². The van der Waals surface area contributed by atoms with E-state index in [1.165, 1.54) is 5.56 Å². The Morgan fingerprint density at radius 2 is 1.76 bits per heavy atom. The molecule has 1 aliphatic rings. The van der Waals surface area contributed by atoms with Crippen molar-refractivity contribution in [1.29, 1.82) is 5.26 Å². The summed E-state index contributed by atoms with van der Waals surface area (Å²) in [6, 6.07) is 20.5. The van der Waals surface area contributed by atoms with Crippen LogP contribution in [-0.2, 0) is 12.0 Å². The van der Waals surface area contributed by atoms with E-state index in [0.29, 0.717) is 5.56 Å². The van der Waals surface area contributed by atoms with Crippen LogP contribution in [-0.4, -0.2) is 30.9 Å². The SMILES string of the molecule is CNC(=O)c1ccc(CN2CCC(C#N)(c3ccccc3)CC2)cc1. The van der Waals surface area contributed by atoms with Crippen LogP contribution in [0, 0.1) is 11.3 Å². The van der Waals surface area contributed by atoms with Gasteiger partial charge in [-0.3, -0.25) is 9.69 Å². The van der Waals surface area contributed by atoms with E-state index in [4.69, 9.17) is 0 Å². The summed E-state index contributed by atoms with van der Waals surface area (Å²) in [5.74, 6) is -0.0637. The minimum atomic E-state index is -0.360. The largest absolute Gasteiger partial charge is 0.355 e. The molecule has 1 N–H and O–H groups in total. The molecule has 0 unspecified atom stereocenters. The predicted octanol–water partition coefficient (Wildman–Crippen LogP) is 3.10. The van der Waals surface area contributed by atoms with Crippen LogP contribution in [0.2, 0.25) is 0 Å². The second-order valence-corrected chi connectivity index (χ2v) is 6.61. The van der Waals surface area contributed by atoms with E-state index >= 15 is 0 Å². The van der Waals surface area contributed by atoms with Crippen LogP contribution in [0.25, 0.3) is 0 Å². The molecule has 1 aliphatic heterocycles. The van der Waals surface area contributed by atoms with Crippen molar-refractivity contribution in [2.75, 3.05) is 20.1 Å². The van der Waals surface area contributed by atoms with Crippen molar-refractivity contribution in [2.45, 2.75) is 24.8 Å². The van der Waals surface area contributed by atoms with Crippen LogP contribution < -0.4 is 5.32 Å². The Bertz CT molecular complexity index is 754. The molecule has 4 heteroatoms. The fourth-order valence-corrected chi connectivity index (χ4v) is 3.48. The summed E-state index contributed by atoms with van der Waals surface area (Å²) in [5, 5.41) is 12.4. The lowest BCUT2D eigenvalue weighted by Gasteiger charge is -2.37. The summed E-state index contributed by atoms with van der Waals surface area (Å²) in [5.41, 5.74) is 2.64. The van der Waals surface area contributed by atoms with Gasteiger partial charge < -0.3 is 5.32 Å². The molecule has 1 amide bonds. The molecule has 0 spiro atoms. The summed E-state index contributed by atoms with van der Waals surface area (Å²) in [7, 11) is 1.64. The number of likely N-dealkylation sites (tertiary alicyclic amines) is 1. The average Bonchev–Trinajstić information content (AvgIpc) is 2.69. The number of nitrogens with zero attached hydrogens (tertiary/aromatic N) is 2. The molecular formula is C21H23N3O. The van der Waals surface area contributed by atoms with Crippen molar-refractivity contribution in [3.05, 3.63) is 71.3 Å². The second-order valence-electron chi connectivity index (χ2n) is 6.61. The van der Waals surface area contributed by atoms with Crippen LogP contribution in [0.15, 0.2) is 54.6 Å². The number of rotatable bonds is 4. The molecule has 0 atom stereocenters.